The second kappa shape index (κ2) is 17.0. The number of nitrogens with zero attached hydrogens (tertiary/aromatic N) is 1. The van der Waals surface area contributed by atoms with Crippen LogP contribution in [0.1, 0.15) is 0 Å². The van der Waals surface area contributed by atoms with Gasteiger partial charge in [0.15, 0.2) is 0 Å². The van der Waals surface area contributed by atoms with Crippen molar-refractivity contribution in [2.24, 2.45) is 0 Å². The maximum absolute atomic E-state index is 2.37. The summed E-state index contributed by atoms with van der Waals surface area (Å²) in [6, 6.07) is 95.0. The van der Waals surface area contributed by atoms with Crippen molar-refractivity contribution in [2.45, 2.75) is 0 Å². The normalized spacial score (nSPS) is 11.3. The van der Waals surface area contributed by atoms with Gasteiger partial charge < -0.3 is 4.90 Å². The van der Waals surface area contributed by atoms with E-state index in [1.165, 1.54) is 97.7 Å². The van der Waals surface area contributed by atoms with Crippen LogP contribution < -0.4 is 4.90 Å². The van der Waals surface area contributed by atoms with Crippen molar-refractivity contribution < 1.29 is 0 Å². The Kier molecular flexibility index (Phi) is 10.1. The standard InChI is InChI=1S/C64H43NS/c1-2-13-48(14-3-1)58-18-6-7-19-59(58)49-32-38-56(39-33-49)65(57-40-34-50(35-41-57)60-21-11-23-63-64(60)61-20-8-9-22-62(61)66-63)55-36-30-46(31-37-55)45-24-26-47(27-25-45)52-16-10-17-53(42-52)54-29-28-44-12-4-5-15-51(44)43-54/h1-43H. The molecule has 0 fully saturated rings. The Morgan fingerprint density at radius 2 is 0.652 bits per heavy atom. The molecule has 1 nitrogen and oxygen atoms in total. The van der Waals surface area contributed by atoms with Crippen LogP contribution in [0.4, 0.5) is 17.1 Å². The number of anilines is 3. The van der Waals surface area contributed by atoms with Gasteiger partial charge in [-0.25, -0.2) is 0 Å². The fourth-order valence-corrected chi connectivity index (χ4v) is 10.7. The van der Waals surface area contributed by atoms with Gasteiger partial charge in [0, 0.05) is 37.2 Å². The largest absolute Gasteiger partial charge is 0.311 e. The smallest absolute Gasteiger partial charge is 0.0462 e. The molecule has 0 saturated heterocycles. The molecule has 0 N–H and O–H groups in total. The molecular formula is C64H43NS. The van der Waals surface area contributed by atoms with Gasteiger partial charge in [0.05, 0.1) is 0 Å². The lowest BCUT2D eigenvalue weighted by Crippen LogP contribution is -2.09. The molecule has 0 spiro atoms. The zero-order valence-corrected chi connectivity index (χ0v) is 37.0. The first kappa shape index (κ1) is 39.3. The van der Waals surface area contributed by atoms with Gasteiger partial charge >= 0.3 is 0 Å². The molecule has 0 aliphatic carbocycles. The molecular weight excluding hydrogens is 815 g/mol. The maximum Gasteiger partial charge on any atom is 0.0462 e. The molecule has 0 aliphatic rings. The van der Waals surface area contributed by atoms with Crippen LogP contribution in [-0.4, -0.2) is 0 Å². The third kappa shape index (κ3) is 7.44. The molecule has 0 aliphatic heterocycles. The topological polar surface area (TPSA) is 3.24 Å². The predicted octanol–water partition coefficient (Wildman–Crippen LogP) is 18.7. The van der Waals surface area contributed by atoms with Gasteiger partial charge in [-0.3, -0.25) is 0 Å². The van der Waals surface area contributed by atoms with E-state index in [4.69, 9.17) is 0 Å². The Morgan fingerprint density at radius 1 is 0.242 bits per heavy atom. The summed E-state index contributed by atoms with van der Waals surface area (Å²) in [5.74, 6) is 0. The van der Waals surface area contributed by atoms with Crippen molar-refractivity contribution in [3.8, 4) is 66.8 Å². The molecule has 12 rings (SSSR count). The van der Waals surface area contributed by atoms with Crippen molar-refractivity contribution in [1.82, 2.24) is 0 Å². The van der Waals surface area contributed by atoms with Gasteiger partial charge in [0.25, 0.3) is 0 Å². The first-order valence-electron chi connectivity index (χ1n) is 22.6. The van der Waals surface area contributed by atoms with Crippen molar-refractivity contribution in [3.05, 3.63) is 261 Å². The van der Waals surface area contributed by atoms with Crippen LogP contribution in [0, 0.1) is 0 Å². The SMILES string of the molecule is c1ccc(-c2ccccc2-c2ccc(N(c3ccc(-c4ccc(-c5cccc(-c6ccc7ccccc7c6)c5)cc4)cc3)c3ccc(-c4cccc5sc6ccccc6c45)cc3)cc2)cc1. The second-order valence-corrected chi connectivity index (χ2v) is 18.0. The average Bonchev–Trinajstić information content (AvgIpc) is 3.79. The summed E-state index contributed by atoms with van der Waals surface area (Å²) >= 11 is 1.86. The van der Waals surface area contributed by atoms with Crippen LogP contribution in [-0.2, 0) is 0 Å². The summed E-state index contributed by atoms with van der Waals surface area (Å²) < 4.78 is 2.63. The monoisotopic (exact) mass is 857 g/mol. The van der Waals surface area contributed by atoms with Gasteiger partial charge in [-0.15, -0.1) is 11.3 Å². The van der Waals surface area contributed by atoms with E-state index in [1.54, 1.807) is 0 Å². The number of benzene rings is 11. The molecule has 0 radical (unpaired) electrons. The average molecular weight is 858 g/mol. The highest BCUT2D eigenvalue weighted by molar-refractivity contribution is 7.25. The molecule has 0 unspecified atom stereocenters. The second-order valence-electron chi connectivity index (χ2n) is 16.9. The van der Waals surface area contributed by atoms with E-state index < -0.39 is 0 Å². The summed E-state index contributed by atoms with van der Waals surface area (Å²) in [5, 5.41) is 5.16. The lowest BCUT2D eigenvalue weighted by molar-refractivity contribution is 1.28. The van der Waals surface area contributed by atoms with E-state index in [0.29, 0.717) is 0 Å². The molecule has 0 bridgehead atoms. The molecule has 310 valence electrons. The van der Waals surface area contributed by atoms with Gasteiger partial charge in [0.1, 0.15) is 0 Å². The van der Waals surface area contributed by atoms with Crippen LogP contribution >= 0.6 is 11.3 Å². The Balaban J connectivity index is 0.873. The number of hydrogen-bond donors (Lipinski definition) is 0. The molecule has 0 amide bonds. The molecule has 12 aromatic rings. The first-order chi connectivity index (χ1) is 32.7. The molecule has 1 aromatic heterocycles. The zero-order chi connectivity index (χ0) is 43.8. The summed E-state index contributed by atoms with van der Waals surface area (Å²) in [4.78, 5) is 2.37. The lowest BCUT2D eigenvalue weighted by atomic mass is 9.94. The maximum atomic E-state index is 2.37. The number of thiophene rings is 1. The Bertz CT molecular complexity index is 3660. The van der Waals surface area contributed by atoms with E-state index in [9.17, 15) is 0 Å². The van der Waals surface area contributed by atoms with Crippen molar-refractivity contribution in [1.29, 1.82) is 0 Å². The molecule has 1 heterocycles. The molecule has 66 heavy (non-hydrogen) atoms. The minimum Gasteiger partial charge on any atom is -0.311 e. The van der Waals surface area contributed by atoms with Crippen LogP contribution in [0.2, 0.25) is 0 Å². The summed E-state index contributed by atoms with van der Waals surface area (Å²) in [6.07, 6.45) is 0. The van der Waals surface area contributed by atoms with Gasteiger partial charge in [-0.1, -0.05) is 200 Å². The van der Waals surface area contributed by atoms with E-state index in [1.807, 2.05) is 11.3 Å². The Hall–Kier alpha value is -8.30. The molecule has 0 atom stereocenters. The van der Waals surface area contributed by atoms with Crippen LogP contribution in [0.3, 0.4) is 0 Å². The number of rotatable bonds is 9. The zero-order valence-electron chi connectivity index (χ0n) is 36.2. The van der Waals surface area contributed by atoms with Crippen LogP contribution in [0.5, 0.6) is 0 Å². The number of hydrogen-bond acceptors (Lipinski definition) is 2. The minimum absolute atomic E-state index is 1.09. The highest BCUT2D eigenvalue weighted by atomic mass is 32.1. The van der Waals surface area contributed by atoms with Crippen LogP contribution in [0.15, 0.2) is 261 Å². The third-order valence-corrected chi connectivity index (χ3v) is 14.0. The number of fused-ring (bicyclic) bond motifs is 4. The van der Waals surface area contributed by atoms with Gasteiger partial charge in [-0.05, 0) is 138 Å². The predicted molar refractivity (Wildman–Crippen MR) is 284 cm³/mol. The minimum atomic E-state index is 1.09. The fraction of sp³-hybridized carbons (Fsp3) is 0. The summed E-state index contributed by atoms with van der Waals surface area (Å²) in [5.41, 5.74) is 17.8. The molecule has 11 aromatic carbocycles. The Labute approximate surface area is 389 Å². The highest BCUT2D eigenvalue weighted by Crippen LogP contribution is 2.43. The van der Waals surface area contributed by atoms with E-state index in [2.05, 4.69) is 266 Å². The summed E-state index contributed by atoms with van der Waals surface area (Å²) in [7, 11) is 0. The summed E-state index contributed by atoms with van der Waals surface area (Å²) in [6.45, 7) is 0. The highest BCUT2D eigenvalue weighted by Gasteiger charge is 2.17. The Morgan fingerprint density at radius 3 is 1.32 bits per heavy atom. The van der Waals surface area contributed by atoms with Crippen molar-refractivity contribution in [3.63, 3.8) is 0 Å². The first-order valence-corrected chi connectivity index (χ1v) is 23.4. The van der Waals surface area contributed by atoms with Crippen LogP contribution in [0.25, 0.3) is 97.7 Å². The van der Waals surface area contributed by atoms with Crippen molar-refractivity contribution in [2.75, 3.05) is 4.90 Å². The van der Waals surface area contributed by atoms with E-state index in [0.717, 1.165) is 17.1 Å². The third-order valence-electron chi connectivity index (χ3n) is 12.9. The van der Waals surface area contributed by atoms with E-state index >= 15 is 0 Å². The lowest BCUT2D eigenvalue weighted by Gasteiger charge is -2.26. The van der Waals surface area contributed by atoms with Gasteiger partial charge in [-0.2, -0.15) is 0 Å². The van der Waals surface area contributed by atoms with E-state index in [-0.39, 0.29) is 0 Å². The van der Waals surface area contributed by atoms with Gasteiger partial charge in [0.2, 0.25) is 0 Å². The molecule has 2 heteroatoms. The van der Waals surface area contributed by atoms with Crippen molar-refractivity contribution >= 4 is 59.3 Å². The molecule has 0 saturated carbocycles. The fourth-order valence-electron chi connectivity index (χ4n) is 9.55. The quantitative estimate of drug-likeness (QED) is 0.140.